The molecule has 6 rings (SSSR count). The number of fused-ring (bicyclic) bond motifs is 3. The van der Waals surface area contributed by atoms with Crippen molar-refractivity contribution < 1.29 is 37.7 Å². The number of aromatic nitrogens is 2. The highest BCUT2D eigenvalue weighted by Crippen LogP contribution is 2.41. The first-order chi connectivity index (χ1) is 21.4. The molecule has 0 aliphatic carbocycles. The molecule has 2 aliphatic heterocycles. The number of benzene rings is 3. The number of rotatable bonds is 10. The molecule has 1 aromatic heterocycles. The molecule has 0 amide bonds. The molecular weight excluding hydrogens is 689 g/mol. The van der Waals surface area contributed by atoms with Crippen LogP contribution >= 0.6 is 0 Å². The van der Waals surface area contributed by atoms with Gasteiger partial charge in [-0.3, -0.25) is 0 Å². The van der Waals surface area contributed by atoms with Gasteiger partial charge in [0.2, 0.25) is 0 Å². The molecule has 3 aromatic carbocycles. The second kappa shape index (κ2) is 14.2. The molecule has 0 radical (unpaired) electrons. The average molecular weight is 736 g/mol. The van der Waals surface area contributed by atoms with E-state index in [4.69, 9.17) is 19.1 Å². The van der Waals surface area contributed by atoms with E-state index in [0.717, 1.165) is 48.2 Å². The molecule has 3 heterocycles. The third-order valence-electron chi connectivity index (χ3n) is 9.44. The van der Waals surface area contributed by atoms with Gasteiger partial charge in [-0.1, -0.05) is 93.6 Å². The van der Waals surface area contributed by atoms with Gasteiger partial charge in [0, 0.05) is 6.54 Å². The SMILES string of the molecule is COc1ccc(CNc2ncnc3c2C[N+]2(CCO[Si](c4ccccc4)(c4ccccc4)C(C)(C)C)CCCCCN32)cc1.[I-]. The van der Waals surface area contributed by atoms with Crippen molar-refractivity contribution in [2.75, 3.05) is 43.7 Å². The summed E-state index contributed by atoms with van der Waals surface area (Å²) in [4.78, 5) is 9.61. The molecular formula is C36H46IN5O2Si. The van der Waals surface area contributed by atoms with Crippen molar-refractivity contribution in [3.63, 3.8) is 0 Å². The first-order valence-electron chi connectivity index (χ1n) is 16.0. The predicted molar refractivity (Wildman–Crippen MR) is 181 cm³/mol. The lowest BCUT2D eigenvalue weighted by atomic mass is 10.2. The number of anilines is 2. The van der Waals surface area contributed by atoms with Gasteiger partial charge in [0.25, 0.3) is 8.32 Å². The molecule has 0 spiro atoms. The van der Waals surface area contributed by atoms with E-state index in [2.05, 4.69) is 104 Å². The summed E-state index contributed by atoms with van der Waals surface area (Å²) in [6.45, 7) is 12.3. The largest absolute Gasteiger partial charge is 1.00 e. The van der Waals surface area contributed by atoms with Crippen molar-refractivity contribution in [1.29, 1.82) is 0 Å². The fourth-order valence-corrected chi connectivity index (χ4v) is 11.8. The molecule has 2 aliphatic rings. The van der Waals surface area contributed by atoms with Crippen LogP contribution in [-0.4, -0.2) is 56.2 Å². The van der Waals surface area contributed by atoms with Gasteiger partial charge in [-0.15, -0.1) is 0 Å². The highest BCUT2D eigenvalue weighted by molar-refractivity contribution is 6.99. The maximum Gasteiger partial charge on any atom is 0.261 e. The highest BCUT2D eigenvalue weighted by Gasteiger charge is 2.52. The molecule has 0 saturated carbocycles. The van der Waals surface area contributed by atoms with E-state index in [9.17, 15) is 0 Å². The van der Waals surface area contributed by atoms with Crippen LogP contribution in [0.2, 0.25) is 5.04 Å². The summed E-state index contributed by atoms with van der Waals surface area (Å²) in [6.07, 6.45) is 5.34. The van der Waals surface area contributed by atoms with Gasteiger partial charge in [-0.25, -0.2) is 19.6 Å². The zero-order valence-electron chi connectivity index (χ0n) is 27.0. The Hall–Kier alpha value is -2.99. The van der Waals surface area contributed by atoms with Gasteiger partial charge < -0.3 is 38.5 Å². The minimum Gasteiger partial charge on any atom is -1.00 e. The Bertz CT molecular complexity index is 1500. The molecule has 4 aromatic rings. The topological polar surface area (TPSA) is 59.5 Å². The smallest absolute Gasteiger partial charge is 0.261 e. The Morgan fingerprint density at radius 1 is 0.867 bits per heavy atom. The van der Waals surface area contributed by atoms with Crippen LogP contribution in [-0.2, 0) is 17.5 Å². The van der Waals surface area contributed by atoms with Crippen LogP contribution in [0.25, 0.3) is 0 Å². The standard InChI is InChI=1S/C36H46N5O2Si.HI/c1-36(2,3)44(31-14-8-5-9-15-31,32-16-10-6-11-17-32)43-25-24-41-23-13-7-12-22-40(41)35-33(27-41)34(38-28-39-35)37-26-29-18-20-30(42-4)21-19-29;/h5-6,8-11,14-21,28H,7,12-13,22-27H2,1-4H3,(H,37,38,39);1H/q+1;/p-1. The van der Waals surface area contributed by atoms with Crippen LogP contribution in [0.5, 0.6) is 5.75 Å². The first kappa shape index (κ1) is 33.4. The third-order valence-corrected chi connectivity index (χ3v) is 14.5. The monoisotopic (exact) mass is 735 g/mol. The van der Waals surface area contributed by atoms with Crippen molar-refractivity contribution in [2.45, 2.75) is 58.2 Å². The van der Waals surface area contributed by atoms with Crippen LogP contribution in [0.15, 0.2) is 91.3 Å². The van der Waals surface area contributed by atoms with E-state index in [0.29, 0.717) is 13.2 Å². The van der Waals surface area contributed by atoms with Crippen molar-refractivity contribution >= 4 is 30.3 Å². The number of hydrogen-bond acceptors (Lipinski definition) is 6. The maximum absolute atomic E-state index is 7.40. The summed E-state index contributed by atoms with van der Waals surface area (Å²) in [5, 5.41) is 8.79. The fraction of sp³-hybridized carbons (Fsp3) is 0.389. The Morgan fingerprint density at radius 3 is 2.16 bits per heavy atom. The third kappa shape index (κ3) is 6.63. The number of ether oxygens (including phenoxy) is 1. The van der Waals surface area contributed by atoms with Crippen molar-refractivity contribution in [3.8, 4) is 5.75 Å². The van der Waals surface area contributed by atoms with Crippen molar-refractivity contribution in [1.82, 2.24) is 9.97 Å². The van der Waals surface area contributed by atoms with Gasteiger partial charge >= 0.3 is 0 Å². The van der Waals surface area contributed by atoms with Crippen LogP contribution in [0.4, 0.5) is 11.6 Å². The van der Waals surface area contributed by atoms with Crippen molar-refractivity contribution in [2.24, 2.45) is 0 Å². The van der Waals surface area contributed by atoms with Crippen LogP contribution in [0.1, 0.15) is 51.2 Å². The molecule has 9 heteroatoms. The minimum absolute atomic E-state index is 0. The van der Waals surface area contributed by atoms with E-state index in [-0.39, 0.29) is 29.0 Å². The number of nitrogens with zero attached hydrogens (tertiary/aromatic N) is 4. The zero-order valence-corrected chi connectivity index (χ0v) is 30.2. The minimum atomic E-state index is -2.62. The number of quaternary nitrogens is 1. The number of halogens is 1. The van der Waals surface area contributed by atoms with Crippen molar-refractivity contribution in [3.05, 3.63) is 102 Å². The molecule has 238 valence electrons. The second-order valence-electron chi connectivity index (χ2n) is 13.1. The normalized spacial score (nSPS) is 17.9. The summed E-state index contributed by atoms with van der Waals surface area (Å²) >= 11 is 0. The number of hydrogen-bond donors (Lipinski definition) is 1. The lowest BCUT2D eigenvalue weighted by molar-refractivity contribution is -0.942. The fourth-order valence-electron chi connectivity index (χ4n) is 7.24. The molecule has 1 atom stereocenters. The predicted octanol–water partition coefficient (Wildman–Crippen LogP) is 2.91. The Morgan fingerprint density at radius 2 is 1.53 bits per heavy atom. The van der Waals surface area contributed by atoms with Gasteiger partial charge in [0.1, 0.15) is 37.5 Å². The molecule has 1 saturated heterocycles. The number of methoxy groups -OCH3 is 1. The molecule has 45 heavy (non-hydrogen) atoms. The summed E-state index contributed by atoms with van der Waals surface area (Å²) in [6, 6.07) is 30.1. The Balaban J connectivity index is 0.00000400. The molecule has 1 fully saturated rings. The summed E-state index contributed by atoms with van der Waals surface area (Å²) in [7, 11) is -0.923. The number of nitrogens with one attached hydrogen (secondary N) is 1. The quantitative estimate of drug-likeness (QED) is 0.154. The molecule has 0 bridgehead atoms. The molecule has 7 nitrogen and oxygen atoms in total. The lowest BCUT2D eigenvalue weighted by Crippen LogP contribution is -3.00. The van der Waals surface area contributed by atoms with E-state index >= 15 is 0 Å². The van der Waals surface area contributed by atoms with Gasteiger partial charge in [-0.2, -0.15) is 0 Å². The average Bonchev–Trinajstić information content (AvgIpc) is 3.21. The summed E-state index contributed by atoms with van der Waals surface area (Å²) < 4.78 is 13.6. The lowest BCUT2D eigenvalue weighted by Gasteiger charge is -2.45. The van der Waals surface area contributed by atoms with Crippen LogP contribution < -0.4 is 49.4 Å². The second-order valence-corrected chi connectivity index (χ2v) is 17.4. The van der Waals surface area contributed by atoms with E-state index in [1.54, 1.807) is 13.4 Å². The van der Waals surface area contributed by atoms with E-state index in [1.807, 2.05) is 12.1 Å². The van der Waals surface area contributed by atoms with E-state index < -0.39 is 8.32 Å². The summed E-state index contributed by atoms with van der Waals surface area (Å²) in [5.74, 6) is 2.87. The van der Waals surface area contributed by atoms with Gasteiger partial charge in [0.15, 0.2) is 5.82 Å². The highest BCUT2D eigenvalue weighted by atomic mass is 127. The maximum atomic E-state index is 7.40. The first-order valence-corrected chi connectivity index (χ1v) is 17.9. The summed E-state index contributed by atoms with van der Waals surface area (Å²) in [5.41, 5.74) is 2.40. The Kier molecular flexibility index (Phi) is 10.5. The van der Waals surface area contributed by atoms with E-state index in [1.165, 1.54) is 40.8 Å². The Labute approximate surface area is 286 Å². The van der Waals surface area contributed by atoms with Crippen LogP contribution in [0.3, 0.4) is 0 Å². The molecule has 1 N–H and O–H groups in total. The van der Waals surface area contributed by atoms with Gasteiger partial charge in [-0.05, 0) is 52.4 Å². The van der Waals surface area contributed by atoms with Gasteiger partial charge in [0.05, 0.1) is 25.8 Å². The van der Waals surface area contributed by atoms with Crippen LogP contribution in [0, 0.1) is 0 Å². The zero-order chi connectivity index (χ0) is 30.6. The molecule has 1 unspecified atom stereocenters.